The molecule has 3 unspecified atom stereocenters. The van der Waals surface area contributed by atoms with E-state index in [9.17, 15) is 0 Å². The van der Waals surface area contributed by atoms with E-state index in [2.05, 4.69) is 71.6 Å². The summed E-state index contributed by atoms with van der Waals surface area (Å²) in [5.74, 6) is 2.10. The monoisotopic (exact) mass is 386 g/mol. The smallest absolute Gasteiger partial charge is 0.190 e. The Morgan fingerprint density at radius 2 is 1.89 bits per heavy atom. The van der Waals surface area contributed by atoms with Crippen LogP contribution in [-0.2, 0) is 4.74 Å². The lowest BCUT2D eigenvalue weighted by atomic mass is 9.78. The summed E-state index contributed by atoms with van der Waals surface area (Å²) >= 11 is 0. The van der Waals surface area contributed by atoms with Crippen LogP contribution in [0.4, 0.5) is 5.69 Å². The number of ether oxygens (including phenoxy) is 1. The third-order valence-corrected chi connectivity index (χ3v) is 6.02. The van der Waals surface area contributed by atoms with Crippen molar-refractivity contribution in [1.29, 1.82) is 0 Å². The normalized spacial score (nSPS) is 26.4. The van der Waals surface area contributed by atoms with Gasteiger partial charge in [0, 0.05) is 51.4 Å². The Hall–Kier alpha value is -1.75. The predicted octanol–water partition coefficient (Wildman–Crippen LogP) is 3.52. The van der Waals surface area contributed by atoms with E-state index < -0.39 is 0 Å². The second-order valence-electron chi connectivity index (χ2n) is 9.33. The minimum atomic E-state index is 0.175. The fourth-order valence-electron chi connectivity index (χ4n) is 4.57. The largest absolute Gasteiger partial charge is 0.377 e. The van der Waals surface area contributed by atoms with E-state index in [1.807, 2.05) is 7.05 Å². The van der Waals surface area contributed by atoms with Crippen LogP contribution in [0, 0.1) is 17.3 Å². The molecule has 3 rings (SSSR count). The van der Waals surface area contributed by atoms with Gasteiger partial charge in [0.2, 0.25) is 0 Å². The Kier molecular flexibility index (Phi) is 7.22. The van der Waals surface area contributed by atoms with Crippen LogP contribution in [-0.4, -0.2) is 51.9 Å². The molecule has 5 nitrogen and oxygen atoms in total. The van der Waals surface area contributed by atoms with Gasteiger partial charge in [-0.25, -0.2) is 0 Å². The molecule has 0 radical (unpaired) electrons. The molecule has 2 saturated heterocycles. The molecule has 2 fully saturated rings. The van der Waals surface area contributed by atoms with Gasteiger partial charge in [0.15, 0.2) is 5.96 Å². The van der Waals surface area contributed by atoms with Crippen molar-refractivity contribution in [3.05, 3.63) is 30.3 Å². The number of hydrogen-bond donors (Lipinski definition) is 2. The highest BCUT2D eigenvalue weighted by Crippen LogP contribution is 2.33. The van der Waals surface area contributed by atoms with E-state index in [0.717, 1.165) is 45.2 Å². The fraction of sp³-hybridized carbons (Fsp3) is 0.696. The molecule has 1 aromatic rings. The van der Waals surface area contributed by atoms with Gasteiger partial charge in [0.25, 0.3) is 0 Å². The Balaban J connectivity index is 1.44. The van der Waals surface area contributed by atoms with Crippen LogP contribution in [0.25, 0.3) is 0 Å². The lowest BCUT2D eigenvalue weighted by Gasteiger charge is -2.40. The molecule has 0 saturated carbocycles. The molecular formula is C23H38N4O. The Morgan fingerprint density at radius 3 is 2.61 bits per heavy atom. The quantitative estimate of drug-likeness (QED) is 0.600. The van der Waals surface area contributed by atoms with Gasteiger partial charge >= 0.3 is 0 Å². The first-order valence-corrected chi connectivity index (χ1v) is 10.8. The van der Waals surface area contributed by atoms with Crippen LogP contribution in [0.2, 0.25) is 0 Å². The van der Waals surface area contributed by atoms with Gasteiger partial charge in [-0.15, -0.1) is 0 Å². The first-order valence-electron chi connectivity index (χ1n) is 10.8. The van der Waals surface area contributed by atoms with Gasteiger partial charge in [-0.3, -0.25) is 4.99 Å². The molecule has 0 spiro atoms. The molecule has 0 amide bonds. The third-order valence-electron chi connectivity index (χ3n) is 6.02. The summed E-state index contributed by atoms with van der Waals surface area (Å²) < 4.78 is 6.11. The van der Waals surface area contributed by atoms with Gasteiger partial charge in [-0.2, -0.15) is 0 Å². The summed E-state index contributed by atoms with van der Waals surface area (Å²) in [5.41, 5.74) is 1.51. The predicted molar refractivity (Wildman–Crippen MR) is 118 cm³/mol. The number of aliphatic imine (C=N–C) groups is 1. The Labute approximate surface area is 170 Å². The van der Waals surface area contributed by atoms with Gasteiger partial charge in [-0.05, 0) is 42.7 Å². The summed E-state index contributed by atoms with van der Waals surface area (Å²) in [6.07, 6.45) is 3.91. The molecule has 0 aromatic heterocycles. The first kappa shape index (κ1) is 21.0. The van der Waals surface area contributed by atoms with Crippen molar-refractivity contribution in [1.82, 2.24) is 10.6 Å². The fourth-order valence-corrected chi connectivity index (χ4v) is 4.57. The summed E-state index contributed by atoms with van der Waals surface area (Å²) in [4.78, 5) is 6.92. The molecule has 2 heterocycles. The van der Waals surface area contributed by atoms with Crippen LogP contribution in [0.15, 0.2) is 35.3 Å². The van der Waals surface area contributed by atoms with E-state index in [0.29, 0.717) is 17.9 Å². The maximum absolute atomic E-state index is 6.11. The Morgan fingerprint density at radius 1 is 1.14 bits per heavy atom. The second kappa shape index (κ2) is 9.64. The number of nitrogens with zero attached hydrogens (tertiary/aromatic N) is 2. The molecule has 2 N–H and O–H groups in total. The molecular weight excluding hydrogens is 348 g/mol. The van der Waals surface area contributed by atoms with Crippen LogP contribution >= 0.6 is 0 Å². The summed E-state index contributed by atoms with van der Waals surface area (Å²) in [5, 5.41) is 7.10. The van der Waals surface area contributed by atoms with E-state index in [1.54, 1.807) is 0 Å². The van der Waals surface area contributed by atoms with Crippen LogP contribution in [0.1, 0.15) is 40.0 Å². The maximum Gasteiger partial charge on any atom is 0.190 e. The molecule has 28 heavy (non-hydrogen) atoms. The highest BCUT2D eigenvalue weighted by atomic mass is 16.5. The minimum Gasteiger partial charge on any atom is -0.377 e. The van der Waals surface area contributed by atoms with Crippen LogP contribution < -0.4 is 15.5 Å². The van der Waals surface area contributed by atoms with Crippen molar-refractivity contribution >= 4 is 11.6 Å². The van der Waals surface area contributed by atoms with Crippen molar-refractivity contribution in [2.75, 3.05) is 44.7 Å². The average molecular weight is 387 g/mol. The van der Waals surface area contributed by atoms with E-state index in [-0.39, 0.29) is 5.41 Å². The lowest BCUT2D eigenvalue weighted by Crippen LogP contribution is -2.48. The molecule has 1 aromatic carbocycles. The zero-order chi connectivity index (χ0) is 20.0. The Bertz CT molecular complexity index is 625. The highest BCUT2D eigenvalue weighted by molar-refractivity contribution is 5.79. The molecule has 0 bridgehead atoms. The van der Waals surface area contributed by atoms with Crippen LogP contribution in [0.5, 0.6) is 0 Å². The van der Waals surface area contributed by atoms with E-state index >= 15 is 0 Å². The third kappa shape index (κ3) is 5.63. The zero-order valence-corrected chi connectivity index (χ0v) is 18.1. The van der Waals surface area contributed by atoms with Crippen molar-refractivity contribution in [3.63, 3.8) is 0 Å². The van der Waals surface area contributed by atoms with Crippen LogP contribution in [0.3, 0.4) is 0 Å². The van der Waals surface area contributed by atoms with Crippen molar-refractivity contribution in [3.8, 4) is 0 Å². The van der Waals surface area contributed by atoms with Gasteiger partial charge in [-0.1, -0.05) is 39.0 Å². The molecule has 156 valence electrons. The number of nitrogens with one attached hydrogen (secondary N) is 2. The number of guanidine groups is 1. The standard InChI is InChI=1S/C23H38N4O/c1-23(2,3)21-19(9-8-14-28-21)16-26-22(24-4)25-15-18-12-13-27(17-18)20-10-6-5-7-11-20/h5-7,10-11,18-19,21H,8-9,12-17H2,1-4H3,(H2,24,25,26). The average Bonchev–Trinajstić information content (AvgIpc) is 3.17. The summed E-state index contributed by atoms with van der Waals surface area (Å²) in [7, 11) is 1.86. The van der Waals surface area contributed by atoms with Crippen molar-refractivity contribution in [2.45, 2.75) is 46.1 Å². The van der Waals surface area contributed by atoms with Gasteiger partial charge in [0.05, 0.1) is 6.10 Å². The number of anilines is 1. The maximum atomic E-state index is 6.11. The summed E-state index contributed by atoms with van der Waals surface area (Å²) in [6, 6.07) is 10.7. The number of rotatable bonds is 5. The second-order valence-corrected chi connectivity index (χ2v) is 9.33. The molecule has 2 aliphatic rings. The minimum absolute atomic E-state index is 0.175. The first-order chi connectivity index (χ1) is 13.5. The van der Waals surface area contributed by atoms with E-state index in [1.165, 1.54) is 18.5 Å². The molecule has 2 aliphatic heterocycles. The SMILES string of the molecule is CN=C(NCC1CCN(c2ccccc2)C1)NCC1CCCOC1C(C)(C)C. The number of para-hydroxylation sites is 1. The molecule has 3 atom stereocenters. The highest BCUT2D eigenvalue weighted by Gasteiger charge is 2.35. The van der Waals surface area contributed by atoms with E-state index in [4.69, 9.17) is 4.74 Å². The zero-order valence-electron chi connectivity index (χ0n) is 18.1. The topological polar surface area (TPSA) is 48.9 Å². The molecule has 5 heteroatoms. The van der Waals surface area contributed by atoms with Gasteiger partial charge < -0.3 is 20.3 Å². The number of benzene rings is 1. The summed E-state index contributed by atoms with van der Waals surface area (Å²) in [6.45, 7) is 11.9. The van der Waals surface area contributed by atoms with Gasteiger partial charge in [0.1, 0.15) is 0 Å². The van der Waals surface area contributed by atoms with Crippen molar-refractivity contribution < 1.29 is 4.74 Å². The van der Waals surface area contributed by atoms with Crippen molar-refractivity contribution in [2.24, 2.45) is 22.2 Å². The molecule has 0 aliphatic carbocycles. The number of hydrogen-bond acceptors (Lipinski definition) is 3. The lowest BCUT2D eigenvalue weighted by molar-refractivity contribution is -0.0835.